The molecule has 1 amide bonds. The first kappa shape index (κ1) is 14.0. The van der Waals surface area contributed by atoms with Gasteiger partial charge in [0.15, 0.2) is 11.5 Å². The van der Waals surface area contributed by atoms with E-state index in [0.29, 0.717) is 12.4 Å². The molecule has 0 bridgehead atoms. The molecule has 104 valence electrons. The SMILES string of the molecule is CCN(C(=O)c1ccc(NN)nn1)c1ccccc1C. The second-order valence-electron chi connectivity index (χ2n) is 4.28. The van der Waals surface area contributed by atoms with Gasteiger partial charge in [-0.25, -0.2) is 5.84 Å². The zero-order valence-corrected chi connectivity index (χ0v) is 11.5. The van der Waals surface area contributed by atoms with Crippen molar-refractivity contribution in [1.82, 2.24) is 10.2 Å². The van der Waals surface area contributed by atoms with E-state index < -0.39 is 0 Å². The highest BCUT2D eigenvalue weighted by Crippen LogP contribution is 2.20. The Morgan fingerprint density at radius 1 is 1.25 bits per heavy atom. The number of hydrazine groups is 1. The van der Waals surface area contributed by atoms with Crippen molar-refractivity contribution >= 4 is 17.4 Å². The number of carbonyl (C=O) groups is 1. The van der Waals surface area contributed by atoms with Crippen LogP contribution in [0.4, 0.5) is 11.5 Å². The van der Waals surface area contributed by atoms with Crippen molar-refractivity contribution in [3.05, 3.63) is 47.7 Å². The minimum Gasteiger partial charge on any atom is -0.307 e. The molecule has 1 aromatic heterocycles. The summed E-state index contributed by atoms with van der Waals surface area (Å²) in [7, 11) is 0. The number of rotatable bonds is 4. The predicted molar refractivity (Wildman–Crippen MR) is 78.4 cm³/mol. The lowest BCUT2D eigenvalue weighted by Gasteiger charge is -2.22. The molecule has 6 heteroatoms. The van der Waals surface area contributed by atoms with Gasteiger partial charge in [-0.05, 0) is 37.6 Å². The molecule has 0 radical (unpaired) electrons. The highest BCUT2D eigenvalue weighted by Gasteiger charge is 2.19. The van der Waals surface area contributed by atoms with Gasteiger partial charge in [0.05, 0.1) is 0 Å². The monoisotopic (exact) mass is 271 g/mol. The second-order valence-corrected chi connectivity index (χ2v) is 4.28. The Labute approximate surface area is 117 Å². The summed E-state index contributed by atoms with van der Waals surface area (Å²) >= 11 is 0. The fourth-order valence-electron chi connectivity index (χ4n) is 1.95. The molecular weight excluding hydrogens is 254 g/mol. The van der Waals surface area contributed by atoms with Gasteiger partial charge in [-0.2, -0.15) is 0 Å². The zero-order valence-electron chi connectivity index (χ0n) is 11.5. The third kappa shape index (κ3) is 2.75. The van der Waals surface area contributed by atoms with Gasteiger partial charge in [-0.3, -0.25) is 4.79 Å². The highest BCUT2D eigenvalue weighted by molar-refractivity contribution is 6.05. The Kier molecular flexibility index (Phi) is 4.27. The van der Waals surface area contributed by atoms with Crippen LogP contribution in [0.1, 0.15) is 23.0 Å². The molecule has 0 saturated carbocycles. The third-order valence-electron chi connectivity index (χ3n) is 3.00. The highest BCUT2D eigenvalue weighted by atomic mass is 16.2. The smallest absolute Gasteiger partial charge is 0.278 e. The van der Waals surface area contributed by atoms with E-state index in [0.717, 1.165) is 11.3 Å². The summed E-state index contributed by atoms with van der Waals surface area (Å²) in [5.41, 5.74) is 4.58. The van der Waals surface area contributed by atoms with E-state index in [1.165, 1.54) is 0 Å². The summed E-state index contributed by atoms with van der Waals surface area (Å²) in [6, 6.07) is 11.0. The molecule has 3 N–H and O–H groups in total. The maximum absolute atomic E-state index is 12.5. The van der Waals surface area contributed by atoms with E-state index in [9.17, 15) is 4.79 Å². The minimum atomic E-state index is -0.183. The Hall–Kier alpha value is -2.47. The summed E-state index contributed by atoms with van der Waals surface area (Å²) < 4.78 is 0. The number of aryl methyl sites for hydroxylation is 1. The number of carbonyl (C=O) groups excluding carboxylic acids is 1. The van der Waals surface area contributed by atoms with Crippen molar-refractivity contribution in [3.63, 3.8) is 0 Å². The lowest BCUT2D eigenvalue weighted by molar-refractivity contribution is 0.0982. The lowest BCUT2D eigenvalue weighted by atomic mass is 10.1. The van der Waals surface area contributed by atoms with Crippen LogP contribution in [0.2, 0.25) is 0 Å². The van der Waals surface area contributed by atoms with Crippen molar-refractivity contribution in [2.75, 3.05) is 16.9 Å². The van der Waals surface area contributed by atoms with Gasteiger partial charge >= 0.3 is 0 Å². The van der Waals surface area contributed by atoms with Crippen LogP contribution < -0.4 is 16.2 Å². The average Bonchev–Trinajstić information content (AvgIpc) is 2.50. The number of anilines is 2. The number of nitrogens with one attached hydrogen (secondary N) is 1. The number of amides is 1. The van der Waals surface area contributed by atoms with Crippen molar-refractivity contribution in [3.8, 4) is 0 Å². The molecule has 1 heterocycles. The molecule has 1 aromatic carbocycles. The fourth-order valence-corrected chi connectivity index (χ4v) is 1.95. The van der Waals surface area contributed by atoms with E-state index in [1.54, 1.807) is 17.0 Å². The summed E-state index contributed by atoms with van der Waals surface area (Å²) in [6.45, 7) is 4.45. The van der Waals surface area contributed by atoms with E-state index in [4.69, 9.17) is 5.84 Å². The first-order valence-electron chi connectivity index (χ1n) is 6.35. The van der Waals surface area contributed by atoms with Crippen LogP contribution in [0.3, 0.4) is 0 Å². The summed E-state index contributed by atoms with van der Waals surface area (Å²) in [5.74, 6) is 5.46. The number of nitrogen functional groups attached to an aromatic ring is 1. The predicted octanol–water partition coefficient (Wildman–Crippen LogP) is 1.74. The van der Waals surface area contributed by atoms with Gasteiger partial charge in [0.1, 0.15) is 0 Å². The van der Waals surface area contributed by atoms with E-state index in [-0.39, 0.29) is 11.6 Å². The number of para-hydroxylation sites is 1. The van der Waals surface area contributed by atoms with Crippen molar-refractivity contribution in [1.29, 1.82) is 0 Å². The maximum Gasteiger partial charge on any atom is 0.278 e. The standard InChI is InChI=1S/C14H17N5O/c1-3-19(12-7-5-4-6-10(12)2)14(20)11-8-9-13(16-15)18-17-11/h4-9H,3,15H2,1-2H3,(H,16,18). The van der Waals surface area contributed by atoms with Crippen LogP contribution in [0.15, 0.2) is 36.4 Å². The number of nitrogens with two attached hydrogens (primary N) is 1. The molecule has 0 aliphatic rings. The molecule has 6 nitrogen and oxygen atoms in total. The van der Waals surface area contributed by atoms with Gasteiger partial charge in [0.25, 0.3) is 5.91 Å². The Morgan fingerprint density at radius 3 is 2.55 bits per heavy atom. The largest absolute Gasteiger partial charge is 0.307 e. The first-order chi connectivity index (χ1) is 9.67. The Balaban J connectivity index is 2.31. The number of hydrogen-bond acceptors (Lipinski definition) is 5. The van der Waals surface area contributed by atoms with Gasteiger partial charge in [-0.15, -0.1) is 10.2 Å². The maximum atomic E-state index is 12.5. The molecule has 0 atom stereocenters. The van der Waals surface area contributed by atoms with Crippen LogP contribution in [0.5, 0.6) is 0 Å². The molecule has 0 aliphatic carbocycles. The van der Waals surface area contributed by atoms with Crippen LogP contribution >= 0.6 is 0 Å². The summed E-state index contributed by atoms with van der Waals surface area (Å²) in [4.78, 5) is 14.2. The van der Waals surface area contributed by atoms with E-state index in [1.807, 2.05) is 38.1 Å². The quantitative estimate of drug-likeness (QED) is 0.653. The molecule has 0 saturated heterocycles. The first-order valence-corrected chi connectivity index (χ1v) is 6.35. The van der Waals surface area contributed by atoms with Gasteiger partial charge in [0.2, 0.25) is 0 Å². The Bertz CT molecular complexity index is 597. The Morgan fingerprint density at radius 2 is 2.00 bits per heavy atom. The zero-order chi connectivity index (χ0) is 14.5. The molecule has 2 rings (SSSR count). The molecule has 0 fully saturated rings. The summed E-state index contributed by atoms with van der Waals surface area (Å²) in [6.07, 6.45) is 0. The van der Waals surface area contributed by atoms with Crippen LogP contribution in [0.25, 0.3) is 0 Å². The normalized spacial score (nSPS) is 10.2. The van der Waals surface area contributed by atoms with Gasteiger partial charge < -0.3 is 10.3 Å². The number of nitrogens with zero attached hydrogens (tertiary/aromatic N) is 3. The molecule has 20 heavy (non-hydrogen) atoms. The van der Waals surface area contributed by atoms with Gasteiger partial charge in [0, 0.05) is 12.2 Å². The third-order valence-corrected chi connectivity index (χ3v) is 3.00. The molecule has 0 unspecified atom stereocenters. The van der Waals surface area contributed by atoms with Crippen molar-refractivity contribution < 1.29 is 4.79 Å². The topological polar surface area (TPSA) is 84.1 Å². The number of hydrogen-bond donors (Lipinski definition) is 2. The second kappa shape index (κ2) is 6.12. The van der Waals surface area contributed by atoms with E-state index in [2.05, 4.69) is 15.6 Å². The summed E-state index contributed by atoms with van der Waals surface area (Å²) in [5, 5.41) is 7.71. The van der Waals surface area contributed by atoms with E-state index >= 15 is 0 Å². The lowest BCUT2D eigenvalue weighted by Crippen LogP contribution is -2.32. The average molecular weight is 271 g/mol. The van der Waals surface area contributed by atoms with Crippen LogP contribution in [-0.4, -0.2) is 22.6 Å². The van der Waals surface area contributed by atoms with Gasteiger partial charge in [-0.1, -0.05) is 18.2 Å². The van der Waals surface area contributed by atoms with Crippen molar-refractivity contribution in [2.45, 2.75) is 13.8 Å². The minimum absolute atomic E-state index is 0.183. The molecule has 0 aliphatic heterocycles. The fraction of sp³-hybridized carbons (Fsp3) is 0.214. The number of aromatic nitrogens is 2. The molecule has 2 aromatic rings. The number of benzene rings is 1. The molecular formula is C14H17N5O. The van der Waals surface area contributed by atoms with Crippen LogP contribution in [0, 0.1) is 6.92 Å². The van der Waals surface area contributed by atoms with Crippen LogP contribution in [-0.2, 0) is 0 Å². The molecule has 0 spiro atoms. The van der Waals surface area contributed by atoms with Crippen molar-refractivity contribution in [2.24, 2.45) is 5.84 Å².